The van der Waals surface area contributed by atoms with Gasteiger partial charge >= 0.3 is 0 Å². The molecule has 0 spiro atoms. The van der Waals surface area contributed by atoms with Crippen LogP contribution in [-0.2, 0) is 6.42 Å². The summed E-state index contributed by atoms with van der Waals surface area (Å²) in [6, 6.07) is 10.4. The van der Waals surface area contributed by atoms with Gasteiger partial charge in [-0.15, -0.1) is 0 Å². The molecule has 0 atom stereocenters. The fourth-order valence-electron chi connectivity index (χ4n) is 1.55. The molecule has 1 heterocycles. The van der Waals surface area contributed by atoms with Gasteiger partial charge in [0.25, 0.3) is 0 Å². The van der Waals surface area contributed by atoms with E-state index >= 15 is 0 Å². The number of nitrogens with zero attached hydrogens (tertiary/aromatic N) is 1. The fraction of sp³-hybridized carbons (Fsp3) is 0.182. The number of aromatic amines is 1. The standard InChI is InChI=1S/C11H10N2/c12-7-2-5-9-3-1-4-10-6-8-13-11(9)10/h1,3-4,6,8,13H,2,5H2. The summed E-state index contributed by atoms with van der Waals surface area (Å²) in [7, 11) is 0. The zero-order valence-electron chi connectivity index (χ0n) is 7.25. The van der Waals surface area contributed by atoms with Gasteiger partial charge in [-0.1, -0.05) is 18.2 Å². The van der Waals surface area contributed by atoms with Crippen LogP contribution in [0.5, 0.6) is 0 Å². The van der Waals surface area contributed by atoms with Crippen LogP contribution in [0.3, 0.4) is 0 Å². The highest BCUT2D eigenvalue weighted by Gasteiger charge is 1.99. The molecule has 0 radical (unpaired) electrons. The Hall–Kier alpha value is -1.75. The lowest BCUT2D eigenvalue weighted by molar-refractivity contribution is 1.02. The van der Waals surface area contributed by atoms with Crippen molar-refractivity contribution in [3.8, 4) is 6.07 Å². The van der Waals surface area contributed by atoms with E-state index in [-0.39, 0.29) is 0 Å². The third-order valence-electron chi connectivity index (χ3n) is 2.18. The maximum atomic E-state index is 8.49. The fourth-order valence-corrected chi connectivity index (χ4v) is 1.55. The minimum atomic E-state index is 0.581. The summed E-state index contributed by atoms with van der Waals surface area (Å²) in [6.07, 6.45) is 3.34. The Kier molecular flexibility index (Phi) is 2.01. The second-order valence-corrected chi connectivity index (χ2v) is 3.02. The summed E-state index contributed by atoms with van der Waals surface area (Å²) in [5.74, 6) is 0. The highest BCUT2D eigenvalue weighted by molar-refractivity contribution is 5.82. The van der Waals surface area contributed by atoms with Gasteiger partial charge in [-0.2, -0.15) is 5.26 Å². The number of fused-ring (bicyclic) bond motifs is 1. The molecule has 0 saturated carbocycles. The van der Waals surface area contributed by atoms with E-state index in [2.05, 4.69) is 23.2 Å². The van der Waals surface area contributed by atoms with Gasteiger partial charge in [-0.25, -0.2) is 0 Å². The van der Waals surface area contributed by atoms with E-state index < -0.39 is 0 Å². The van der Waals surface area contributed by atoms with Crippen LogP contribution in [0.4, 0.5) is 0 Å². The van der Waals surface area contributed by atoms with Crippen LogP contribution >= 0.6 is 0 Å². The Morgan fingerprint density at radius 1 is 1.31 bits per heavy atom. The van der Waals surface area contributed by atoms with Crippen LogP contribution in [0.25, 0.3) is 10.9 Å². The van der Waals surface area contributed by atoms with Gasteiger partial charge in [-0.05, 0) is 23.4 Å². The molecule has 0 saturated heterocycles. The number of para-hydroxylation sites is 1. The number of hydrogen-bond acceptors (Lipinski definition) is 1. The van der Waals surface area contributed by atoms with E-state index in [9.17, 15) is 0 Å². The molecule has 64 valence electrons. The van der Waals surface area contributed by atoms with Crippen molar-refractivity contribution in [1.82, 2.24) is 4.98 Å². The number of aromatic nitrogens is 1. The summed E-state index contributed by atoms with van der Waals surface area (Å²) in [5.41, 5.74) is 2.39. The van der Waals surface area contributed by atoms with Gasteiger partial charge < -0.3 is 4.98 Å². The third kappa shape index (κ3) is 1.41. The highest BCUT2D eigenvalue weighted by atomic mass is 14.7. The Labute approximate surface area is 76.8 Å². The summed E-state index contributed by atoms with van der Waals surface area (Å²) < 4.78 is 0. The molecule has 0 aliphatic carbocycles. The molecule has 0 aliphatic heterocycles. The molecule has 1 N–H and O–H groups in total. The molecule has 2 nitrogen and oxygen atoms in total. The summed E-state index contributed by atoms with van der Waals surface area (Å²) in [6.45, 7) is 0. The van der Waals surface area contributed by atoms with E-state index in [0.29, 0.717) is 6.42 Å². The second-order valence-electron chi connectivity index (χ2n) is 3.02. The third-order valence-corrected chi connectivity index (χ3v) is 2.18. The summed E-state index contributed by atoms with van der Waals surface area (Å²) in [4.78, 5) is 3.19. The van der Waals surface area contributed by atoms with Crippen molar-refractivity contribution in [3.63, 3.8) is 0 Å². The molecule has 0 aliphatic rings. The van der Waals surface area contributed by atoms with Gasteiger partial charge in [0.1, 0.15) is 0 Å². The smallest absolute Gasteiger partial charge is 0.0625 e. The maximum Gasteiger partial charge on any atom is 0.0625 e. The first kappa shape index (κ1) is 7.88. The molecule has 0 bridgehead atoms. The molecule has 1 aromatic carbocycles. The largest absolute Gasteiger partial charge is 0.361 e. The molecule has 1 aromatic heterocycles. The number of aryl methyl sites for hydroxylation is 1. The lowest BCUT2D eigenvalue weighted by Crippen LogP contribution is -1.84. The number of hydrogen-bond donors (Lipinski definition) is 1. The molecule has 2 rings (SSSR count). The number of nitrogens with one attached hydrogen (secondary N) is 1. The average Bonchev–Trinajstić information content (AvgIpc) is 2.62. The van der Waals surface area contributed by atoms with Crippen LogP contribution in [0.2, 0.25) is 0 Å². The van der Waals surface area contributed by atoms with Crippen LogP contribution in [0.15, 0.2) is 30.5 Å². The van der Waals surface area contributed by atoms with Gasteiger partial charge in [0.05, 0.1) is 6.07 Å². The SMILES string of the molecule is N#CCCc1cccc2cc[nH]c12. The molecular formula is C11H10N2. The number of benzene rings is 1. The lowest BCUT2D eigenvalue weighted by atomic mass is 10.1. The monoisotopic (exact) mass is 170 g/mol. The van der Waals surface area contributed by atoms with Crippen LogP contribution in [0, 0.1) is 11.3 Å². The van der Waals surface area contributed by atoms with Crippen molar-refractivity contribution in [1.29, 1.82) is 5.26 Å². The minimum Gasteiger partial charge on any atom is -0.361 e. The van der Waals surface area contributed by atoms with Crippen molar-refractivity contribution in [2.24, 2.45) is 0 Å². The molecule has 2 heteroatoms. The van der Waals surface area contributed by atoms with Crippen LogP contribution in [0.1, 0.15) is 12.0 Å². The van der Waals surface area contributed by atoms with Crippen LogP contribution < -0.4 is 0 Å². The molecule has 2 aromatic rings. The Bertz CT molecular complexity index is 448. The predicted octanol–water partition coefficient (Wildman–Crippen LogP) is 2.62. The van der Waals surface area contributed by atoms with E-state index in [1.54, 1.807) is 0 Å². The van der Waals surface area contributed by atoms with Crippen molar-refractivity contribution in [2.45, 2.75) is 12.8 Å². The zero-order valence-corrected chi connectivity index (χ0v) is 7.25. The zero-order chi connectivity index (χ0) is 9.10. The molecular weight excluding hydrogens is 160 g/mol. The first-order valence-corrected chi connectivity index (χ1v) is 4.34. The predicted molar refractivity (Wildman–Crippen MR) is 52.2 cm³/mol. The average molecular weight is 170 g/mol. The van der Waals surface area contributed by atoms with Gasteiger partial charge in [0.2, 0.25) is 0 Å². The second kappa shape index (κ2) is 3.32. The highest BCUT2D eigenvalue weighted by Crippen LogP contribution is 2.17. The quantitative estimate of drug-likeness (QED) is 0.739. The van der Waals surface area contributed by atoms with Gasteiger partial charge in [0.15, 0.2) is 0 Å². The first-order chi connectivity index (χ1) is 6.42. The normalized spacial score (nSPS) is 10.1. The molecule has 0 fully saturated rings. The molecule has 0 amide bonds. The van der Waals surface area contributed by atoms with Crippen molar-refractivity contribution < 1.29 is 0 Å². The maximum absolute atomic E-state index is 8.49. The van der Waals surface area contributed by atoms with Gasteiger partial charge in [0, 0.05) is 18.1 Å². The Morgan fingerprint density at radius 2 is 2.23 bits per heavy atom. The molecule has 13 heavy (non-hydrogen) atoms. The number of H-pyrrole nitrogens is 1. The van der Waals surface area contributed by atoms with Crippen LogP contribution in [-0.4, -0.2) is 4.98 Å². The van der Waals surface area contributed by atoms with E-state index in [1.807, 2.05) is 18.3 Å². The topological polar surface area (TPSA) is 39.6 Å². The van der Waals surface area contributed by atoms with E-state index in [0.717, 1.165) is 11.9 Å². The first-order valence-electron chi connectivity index (χ1n) is 4.34. The summed E-state index contributed by atoms with van der Waals surface area (Å²) >= 11 is 0. The lowest BCUT2D eigenvalue weighted by Gasteiger charge is -1.98. The summed E-state index contributed by atoms with van der Waals surface area (Å²) in [5, 5.41) is 9.71. The number of nitriles is 1. The molecule has 0 unspecified atom stereocenters. The van der Waals surface area contributed by atoms with Gasteiger partial charge in [-0.3, -0.25) is 0 Å². The van der Waals surface area contributed by atoms with Crippen molar-refractivity contribution in [3.05, 3.63) is 36.0 Å². The van der Waals surface area contributed by atoms with E-state index in [1.165, 1.54) is 10.9 Å². The van der Waals surface area contributed by atoms with E-state index in [4.69, 9.17) is 5.26 Å². The van der Waals surface area contributed by atoms with Crippen molar-refractivity contribution in [2.75, 3.05) is 0 Å². The minimum absolute atomic E-state index is 0.581. The van der Waals surface area contributed by atoms with Crippen molar-refractivity contribution >= 4 is 10.9 Å². The number of rotatable bonds is 2. The Balaban J connectivity index is 2.44. The Morgan fingerprint density at radius 3 is 3.08 bits per heavy atom.